The Balaban J connectivity index is 0.685. The van der Waals surface area contributed by atoms with Crippen molar-refractivity contribution in [2.45, 2.75) is 109 Å². The first-order chi connectivity index (χ1) is 46.4. The molecule has 492 valence electrons. The standard InChI is InChI=1S/C74H79N9O12/c1-75-74(90)95-48-63-61-44-49(66(86)26-14-38-93-42-36-82-72-59-22-8-10-24-64(59)80(68(88)28-12-18-53(84)34-40-91-2)46-51-16-4-6-20-55(51)70(72)76-78-82)30-32-57(61)58-33-31-50(45-62(58)63)67(87)27-15-39-94-43-37-83-73-60-23-9-11-25-65(60)81(69(89)29-13-19-54(85)35-41-92-3)47-52-17-5-7-21-56(52)71(73)77-79-83/h4-11,16-17,20-25,30-33,44-45,63H,12-15,18-19,26-29,34-43,46-48H2,1-3H3,(H,75,90). The van der Waals surface area contributed by atoms with Crippen molar-refractivity contribution in [1.29, 1.82) is 0 Å². The maximum atomic E-state index is 14.0. The van der Waals surface area contributed by atoms with Crippen LogP contribution in [0.4, 0.5) is 16.2 Å². The van der Waals surface area contributed by atoms with Gasteiger partial charge in [0.25, 0.3) is 0 Å². The number of rotatable bonds is 32. The zero-order valence-corrected chi connectivity index (χ0v) is 54.0. The third-order valence-corrected chi connectivity index (χ3v) is 17.7. The molecule has 1 N–H and O–H groups in total. The third-order valence-electron chi connectivity index (χ3n) is 17.7. The monoisotopic (exact) mass is 1290 g/mol. The van der Waals surface area contributed by atoms with Crippen LogP contribution in [0.5, 0.6) is 0 Å². The van der Waals surface area contributed by atoms with Gasteiger partial charge in [0.2, 0.25) is 11.8 Å². The summed E-state index contributed by atoms with van der Waals surface area (Å²) in [5, 5.41) is 21.1. The van der Waals surface area contributed by atoms with Crippen LogP contribution in [0.15, 0.2) is 133 Å². The number of ether oxygens (including phenoxy) is 5. The lowest BCUT2D eigenvalue weighted by Gasteiger charge is -2.29. The van der Waals surface area contributed by atoms with Gasteiger partial charge >= 0.3 is 6.09 Å². The highest BCUT2D eigenvalue weighted by atomic mass is 16.5. The fourth-order valence-electron chi connectivity index (χ4n) is 12.8. The molecular weight excluding hydrogens is 1210 g/mol. The van der Waals surface area contributed by atoms with Crippen LogP contribution in [0.3, 0.4) is 0 Å². The molecule has 0 saturated carbocycles. The predicted molar refractivity (Wildman–Crippen MR) is 358 cm³/mol. The van der Waals surface area contributed by atoms with Crippen molar-refractivity contribution in [3.05, 3.63) is 167 Å². The highest BCUT2D eigenvalue weighted by Gasteiger charge is 2.34. The number of hydrogen-bond acceptors (Lipinski definition) is 16. The van der Waals surface area contributed by atoms with Gasteiger partial charge in [0.1, 0.15) is 29.6 Å². The smallest absolute Gasteiger partial charge is 0.406 e. The molecule has 0 radical (unpaired) electrons. The number of anilines is 2. The van der Waals surface area contributed by atoms with E-state index in [9.17, 15) is 33.6 Å². The van der Waals surface area contributed by atoms with Gasteiger partial charge < -0.3 is 38.8 Å². The zero-order valence-electron chi connectivity index (χ0n) is 54.0. The Morgan fingerprint density at radius 1 is 0.463 bits per heavy atom. The summed E-state index contributed by atoms with van der Waals surface area (Å²) in [7, 11) is 4.62. The van der Waals surface area contributed by atoms with Crippen LogP contribution in [0.25, 0.3) is 56.2 Å². The molecule has 0 bridgehead atoms. The molecule has 2 aliphatic heterocycles. The molecule has 21 nitrogen and oxygen atoms in total. The fraction of sp³-hybridized carbons (Fsp3) is 0.365. The van der Waals surface area contributed by atoms with E-state index in [0.717, 1.165) is 78.4 Å². The van der Waals surface area contributed by atoms with Crippen molar-refractivity contribution >= 4 is 52.4 Å². The molecule has 21 heteroatoms. The summed E-state index contributed by atoms with van der Waals surface area (Å²) in [5.74, 6) is -0.616. The average molecular weight is 1290 g/mol. The minimum absolute atomic E-state index is 0.0119. The predicted octanol–water partition coefficient (Wildman–Crippen LogP) is 11.6. The Kier molecular flexibility index (Phi) is 22.5. The molecule has 0 spiro atoms. The SMILES string of the molecule is CNC(=O)OCC1c2cc(C(=O)CCCOCCn3nnc4c3-c3ccccc3N(C(=O)CCCC(=O)CCOC)Cc3ccccc3-4)ccc2-c2ccc(C(=O)CCCOCCn3nnc4c3-c3ccccc3N(C(=O)CCCC(=O)CCOC)Cc3ccccc3-4)cc21. The van der Waals surface area contributed by atoms with Gasteiger partial charge in [-0.05, 0) is 83.3 Å². The van der Waals surface area contributed by atoms with Crippen LogP contribution < -0.4 is 15.1 Å². The van der Waals surface area contributed by atoms with Crippen LogP contribution in [0, 0.1) is 0 Å². The fourth-order valence-corrected chi connectivity index (χ4v) is 12.8. The number of para-hydroxylation sites is 2. The van der Waals surface area contributed by atoms with Crippen LogP contribution in [0.1, 0.15) is 126 Å². The van der Waals surface area contributed by atoms with Gasteiger partial charge in [-0.1, -0.05) is 120 Å². The number of fused-ring (bicyclic) bond motifs is 13. The van der Waals surface area contributed by atoms with Gasteiger partial charge in [-0.2, -0.15) is 0 Å². The molecule has 0 atom stereocenters. The summed E-state index contributed by atoms with van der Waals surface area (Å²) in [5.41, 5.74) is 14.0. The Morgan fingerprint density at radius 2 is 0.895 bits per heavy atom. The highest BCUT2D eigenvalue weighted by Crippen LogP contribution is 2.47. The summed E-state index contributed by atoms with van der Waals surface area (Å²) >= 11 is 0. The number of benzene rings is 6. The lowest BCUT2D eigenvalue weighted by molar-refractivity contribution is -0.122. The Morgan fingerprint density at radius 3 is 1.34 bits per heavy atom. The van der Waals surface area contributed by atoms with E-state index < -0.39 is 12.0 Å². The van der Waals surface area contributed by atoms with Crippen LogP contribution >= 0.6 is 0 Å². The van der Waals surface area contributed by atoms with Crippen molar-refractivity contribution in [2.75, 3.05) is 77.3 Å². The first-order valence-electron chi connectivity index (χ1n) is 32.6. The van der Waals surface area contributed by atoms with Crippen LogP contribution in [0.2, 0.25) is 0 Å². The van der Waals surface area contributed by atoms with Crippen molar-refractivity contribution in [3.63, 3.8) is 0 Å². The molecule has 95 heavy (non-hydrogen) atoms. The molecule has 2 aromatic heterocycles. The number of hydrogen-bond donors (Lipinski definition) is 1. The van der Waals surface area contributed by atoms with E-state index in [1.165, 1.54) is 7.05 Å². The number of aromatic nitrogens is 6. The zero-order chi connectivity index (χ0) is 66.2. The number of Topliss-reactive ketones (excluding diaryl/α,β-unsaturated/α-hetero) is 4. The Bertz CT molecular complexity index is 3870. The summed E-state index contributed by atoms with van der Waals surface area (Å²) in [6.07, 6.45) is 3.29. The van der Waals surface area contributed by atoms with E-state index in [4.69, 9.17) is 23.7 Å². The maximum absolute atomic E-state index is 14.0. The number of nitrogens with zero attached hydrogens (tertiary/aromatic N) is 8. The number of carbonyl (C=O) groups is 7. The van der Waals surface area contributed by atoms with Gasteiger partial charge in [0.15, 0.2) is 11.6 Å². The molecule has 1 aliphatic carbocycles. The Labute approximate surface area is 552 Å². The highest BCUT2D eigenvalue weighted by molar-refractivity contribution is 6.03. The second-order valence-electron chi connectivity index (χ2n) is 23.9. The van der Waals surface area contributed by atoms with Gasteiger partial charge in [0, 0.05) is 125 Å². The topological polar surface area (TPSA) is 246 Å². The van der Waals surface area contributed by atoms with Crippen molar-refractivity contribution in [2.24, 2.45) is 0 Å². The van der Waals surface area contributed by atoms with E-state index in [-0.39, 0.29) is 80.5 Å². The van der Waals surface area contributed by atoms with Crippen molar-refractivity contribution in [3.8, 4) is 56.2 Å². The molecule has 0 unspecified atom stereocenters. The van der Waals surface area contributed by atoms with Crippen LogP contribution in [-0.4, -0.2) is 139 Å². The second kappa shape index (κ2) is 32.0. The molecule has 0 saturated heterocycles. The van der Waals surface area contributed by atoms with E-state index in [1.807, 2.05) is 133 Å². The van der Waals surface area contributed by atoms with E-state index in [0.29, 0.717) is 126 Å². The largest absolute Gasteiger partial charge is 0.449 e. The van der Waals surface area contributed by atoms with Gasteiger partial charge in [-0.25, -0.2) is 14.2 Å². The number of ketones is 4. The first kappa shape index (κ1) is 66.8. The summed E-state index contributed by atoms with van der Waals surface area (Å²) in [6.45, 7) is 3.26. The van der Waals surface area contributed by atoms with Gasteiger partial charge in [-0.3, -0.25) is 28.8 Å². The molecule has 8 aromatic rings. The van der Waals surface area contributed by atoms with Gasteiger partial charge in [0.05, 0.1) is 75.4 Å². The maximum Gasteiger partial charge on any atom is 0.406 e. The molecule has 6 aromatic carbocycles. The van der Waals surface area contributed by atoms with Crippen molar-refractivity contribution in [1.82, 2.24) is 35.3 Å². The summed E-state index contributed by atoms with van der Waals surface area (Å²) in [6, 6.07) is 42.4. The number of alkyl carbamates (subject to hydrolysis) is 1. The Hall–Kier alpha value is -9.67. The third kappa shape index (κ3) is 15.6. The lowest BCUT2D eigenvalue weighted by Crippen LogP contribution is -2.31. The number of methoxy groups -OCH3 is 2. The average Bonchev–Trinajstić information content (AvgIpc) is 1.59. The van der Waals surface area contributed by atoms with Crippen molar-refractivity contribution < 1.29 is 57.2 Å². The summed E-state index contributed by atoms with van der Waals surface area (Å²) in [4.78, 5) is 96.8. The number of amides is 3. The second-order valence-corrected chi connectivity index (χ2v) is 23.9. The van der Waals surface area contributed by atoms with E-state index in [1.54, 1.807) is 33.4 Å². The number of carbonyl (C=O) groups excluding carboxylic acids is 7. The molecule has 11 rings (SSSR count). The molecule has 4 heterocycles. The summed E-state index contributed by atoms with van der Waals surface area (Å²) < 4.78 is 31.7. The molecule has 0 fully saturated rings. The molecule has 3 amide bonds. The minimum Gasteiger partial charge on any atom is -0.449 e. The van der Waals surface area contributed by atoms with Crippen LogP contribution in [-0.2, 0) is 69.0 Å². The first-order valence-corrected chi connectivity index (χ1v) is 32.6. The minimum atomic E-state index is -0.599. The van der Waals surface area contributed by atoms with E-state index in [2.05, 4.69) is 25.9 Å². The normalized spacial score (nSPS) is 12.7. The quantitative estimate of drug-likeness (QED) is 0.0304. The molecular formula is C74H79N9O12. The molecule has 3 aliphatic rings. The van der Waals surface area contributed by atoms with Gasteiger partial charge in [-0.15, -0.1) is 10.2 Å². The van der Waals surface area contributed by atoms with E-state index >= 15 is 0 Å². The number of nitrogens with one attached hydrogen (secondary N) is 1. The lowest BCUT2D eigenvalue weighted by atomic mass is 9.93.